The number of nitrogens with one attached hydrogen (secondary N) is 2. The van der Waals surface area contributed by atoms with E-state index in [4.69, 9.17) is 18.9 Å². The first-order valence-electron chi connectivity index (χ1n) is 21.2. The molecule has 0 saturated heterocycles. The SMILES string of the molecule is CO[C@H]1/C=C/O[C@@]2(C)Oc3c(C)c(O)c4c(c3C2=O)C(=O)C(SCCNC(=O)C2=C[C@@H](O)[C@@H](O)[C@H](O)C2)=C(NC(=O)/C(C)=C\C=C\[C@H](C)[C@H](O)[C@@H](C)[C@@H](O)[C@@H](C)[C@H](OC(C)=O)[C@@H]1C)C4=O. The molecule has 19 heteroatoms. The second-order valence-corrected chi connectivity index (χ2v) is 18.1. The van der Waals surface area contributed by atoms with E-state index in [-0.39, 0.29) is 51.6 Å². The number of ketones is 3. The first-order chi connectivity index (χ1) is 30.5. The number of ether oxygens (including phenoxy) is 4. The van der Waals surface area contributed by atoms with Crippen molar-refractivity contribution < 1.29 is 78.4 Å². The average Bonchev–Trinajstić information content (AvgIpc) is 3.52. The Balaban J connectivity index is 1.58. The van der Waals surface area contributed by atoms with E-state index in [9.17, 15) is 59.4 Å². The number of aromatic hydroxyl groups is 1. The van der Waals surface area contributed by atoms with E-state index in [2.05, 4.69) is 10.6 Å². The van der Waals surface area contributed by atoms with Crippen molar-refractivity contribution in [3.63, 3.8) is 0 Å². The summed E-state index contributed by atoms with van der Waals surface area (Å²) in [6.07, 6.45) is -0.509. The maximum absolute atomic E-state index is 14.7. The highest BCUT2D eigenvalue weighted by Crippen LogP contribution is 2.49. The van der Waals surface area contributed by atoms with Gasteiger partial charge >= 0.3 is 11.8 Å². The molecule has 0 unspecified atom stereocenters. The Labute approximate surface area is 380 Å². The zero-order valence-electron chi connectivity index (χ0n) is 37.6. The van der Waals surface area contributed by atoms with Crippen molar-refractivity contribution in [3.05, 3.63) is 80.6 Å². The number of hydrogen-bond acceptors (Lipinski definition) is 17. The number of phenols is 1. The molecule has 2 amide bonds. The molecule has 0 aromatic heterocycles. The molecule has 3 aliphatic heterocycles. The summed E-state index contributed by atoms with van der Waals surface area (Å²) < 4.78 is 23.4. The first kappa shape index (κ1) is 50.8. The second-order valence-electron chi connectivity index (χ2n) is 17.0. The summed E-state index contributed by atoms with van der Waals surface area (Å²) in [7, 11) is 1.39. The normalized spacial score (nSPS) is 34.1. The largest absolute Gasteiger partial charge is 0.507 e. The fourth-order valence-electron chi connectivity index (χ4n) is 8.35. The van der Waals surface area contributed by atoms with Crippen molar-refractivity contribution in [2.24, 2.45) is 23.7 Å². The lowest BCUT2D eigenvalue weighted by Crippen LogP contribution is -2.46. The lowest BCUT2D eigenvalue weighted by Gasteiger charge is -2.38. The van der Waals surface area contributed by atoms with Crippen LogP contribution in [0.1, 0.15) is 91.5 Å². The minimum Gasteiger partial charge on any atom is -0.507 e. The zero-order chi connectivity index (χ0) is 48.4. The van der Waals surface area contributed by atoms with Gasteiger partial charge in [0.15, 0.2) is 0 Å². The molecule has 3 heterocycles. The molecule has 0 radical (unpaired) electrons. The predicted octanol–water partition coefficient (Wildman–Crippen LogP) is 2.22. The number of rotatable bonds is 7. The molecule has 2 aliphatic carbocycles. The lowest BCUT2D eigenvalue weighted by molar-refractivity contribution is -0.160. The number of benzene rings is 1. The number of aliphatic hydroxyl groups is 5. The number of carbonyl (C=O) groups is 6. The number of hydrogen-bond donors (Lipinski definition) is 8. The van der Waals surface area contributed by atoms with Crippen molar-refractivity contribution >= 4 is 46.9 Å². The third kappa shape index (κ3) is 10.3. The number of phenolic OH excluding ortho intramolecular Hbond substituents is 1. The standard InChI is InChI=1S/C46H58N2O16S/c1-19-11-10-12-20(2)44(59)48-33-38(56)31-30(39(57)42(33)65-16-14-47-45(60)26-17-27(50)37(55)28(51)18-26)32-41(24(6)36(31)54)64-46(8,43(32)58)62-15-13-29(61-9)21(3)40(63-25(7)49)23(5)35(53)22(4)34(19)52/h10-13,15,17,19,21-23,27-29,34-35,37,40,50-55H,14,16,18H2,1-9H3,(H,47,60)(H,48,59)/b11-10+,15-13+,20-12-/t19-,21+,22+,23+,27+,28+,29-,34-,35+,37+,40+,46-/m0/s1. The third-order valence-electron chi connectivity index (χ3n) is 12.4. The Hall–Kier alpha value is -5.15. The third-order valence-corrected chi connectivity index (χ3v) is 13.5. The molecule has 0 saturated carbocycles. The van der Waals surface area contributed by atoms with Crippen LogP contribution in [0.4, 0.5) is 0 Å². The van der Waals surface area contributed by atoms with Crippen LogP contribution in [0.15, 0.2) is 58.4 Å². The first-order valence-corrected chi connectivity index (χ1v) is 22.2. The van der Waals surface area contributed by atoms with Crippen LogP contribution in [0.25, 0.3) is 0 Å². The summed E-state index contributed by atoms with van der Waals surface area (Å²) >= 11 is 0.761. The number of fused-ring (bicyclic) bond motifs is 14. The van der Waals surface area contributed by atoms with E-state index >= 15 is 0 Å². The van der Waals surface area contributed by atoms with Gasteiger partial charge in [-0.1, -0.05) is 45.9 Å². The monoisotopic (exact) mass is 926 g/mol. The average molecular weight is 927 g/mol. The number of thioether (sulfide) groups is 1. The Kier molecular flexibility index (Phi) is 16.1. The molecule has 1 aromatic rings. The van der Waals surface area contributed by atoms with E-state index in [1.54, 1.807) is 33.8 Å². The fourth-order valence-corrected chi connectivity index (χ4v) is 9.28. The van der Waals surface area contributed by atoms with Gasteiger partial charge in [-0.15, -0.1) is 11.8 Å². The zero-order valence-corrected chi connectivity index (χ0v) is 38.4. The Morgan fingerprint density at radius 3 is 2.23 bits per heavy atom. The highest BCUT2D eigenvalue weighted by atomic mass is 32.2. The van der Waals surface area contributed by atoms with Gasteiger partial charge in [0.25, 0.3) is 11.7 Å². The molecule has 5 bridgehead atoms. The number of esters is 1. The number of aliphatic hydroxyl groups excluding tert-OH is 5. The van der Waals surface area contributed by atoms with Crippen LogP contribution in [-0.4, -0.2) is 134 Å². The van der Waals surface area contributed by atoms with Crippen molar-refractivity contribution in [2.75, 3.05) is 19.4 Å². The summed E-state index contributed by atoms with van der Waals surface area (Å²) in [4.78, 5) is 82.3. The van der Waals surface area contributed by atoms with Crippen LogP contribution in [0.3, 0.4) is 0 Å². The van der Waals surface area contributed by atoms with Gasteiger partial charge in [-0.2, -0.15) is 0 Å². The van der Waals surface area contributed by atoms with Crippen molar-refractivity contribution in [2.45, 2.75) is 110 Å². The maximum atomic E-state index is 14.7. The van der Waals surface area contributed by atoms with Crippen LogP contribution >= 0.6 is 11.8 Å². The van der Waals surface area contributed by atoms with Gasteiger partial charge in [0.1, 0.15) is 35.5 Å². The molecular formula is C46H58N2O16S. The van der Waals surface area contributed by atoms with E-state index < -0.39 is 130 Å². The summed E-state index contributed by atoms with van der Waals surface area (Å²) in [5.41, 5.74) is -1.96. The van der Waals surface area contributed by atoms with Crippen LogP contribution in [0.2, 0.25) is 0 Å². The Bertz CT molecular complexity index is 2260. The van der Waals surface area contributed by atoms with Gasteiger partial charge in [0, 0.05) is 80.1 Å². The molecule has 5 aliphatic rings. The van der Waals surface area contributed by atoms with Crippen molar-refractivity contribution in [1.82, 2.24) is 10.6 Å². The summed E-state index contributed by atoms with van der Waals surface area (Å²) in [6.45, 7) is 11.9. The summed E-state index contributed by atoms with van der Waals surface area (Å²) in [5, 5.41) is 69.4. The number of carbonyl (C=O) groups excluding carboxylic acids is 6. The fraction of sp³-hybridized carbons (Fsp3) is 0.522. The van der Waals surface area contributed by atoms with E-state index in [1.807, 2.05) is 0 Å². The number of methoxy groups -OCH3 is 1. The van der Waals surface area contributed by atoms with Crippen LogP contribution in [0.5, 0.6) is 11.5 Å². The van der Waals surface area contributed by atoms with Crippen molar-refractivity contribution in [3.8, 4) is 11.5 Å². The summed E-state index contributed by atoms with van der Waals surface area (Å²) in [5.74, 6) is -10.8. The van der Waals surface area contributed by atoms with Gasteiger partial charge in [-0.3, -0.25) is 28.8 Å². The van der Waals surface area contributed by atoms with E-state index in [0.29, 0.717) is 0 Å². The smallest absolute Gasteiger partial charge is 0.312 e. The van der Waals surface area contributed by atoms with Crippen LogP contribution < -0.4 is 15.4 Å². The van der Waals surface area contributed by atoms with E-state index in [1.165, 1.54) is 53.0 Å². The van der Waals surface area contributed by atoms with Gasteiger partial charge in [0.2, 0.25) is 17.5 Å². The molecule has 12 atom stereocenters. The number of amides is 2. The van der Waals surface area contributed by atoms with Crippen LogP contribution in [0, 0.1) is 30.6 Å². The van der Waals surface area contributed by atoms with Gasteiger partial charge in [-0.25, -0.2) is 0 Å². The van der Waals surface area contributed by atoms with Crippen molar-refractivity contribution in [1.29, 1.82) is 0 Å². The second kappa shape index (κ2) is 20.6. The molecule has 1 aromatic carbocycles. The molecule has 354 valence electrons. The van der Waals surface area contributed by atoms with Crippen LogP contribution in [-0.2, 0) is 28.6 Å². The Morgan fingerprint density at radius 1 is 0.923 bits per heavy atom. The molecule has 65 heavy (non-hydrogen) atoms. The highest BCUT2D eigenvalue weighted by Gasteiger charge is 2.53. The molecule has 0 fully saturated rings. The van der Waals surface area contributed by atoms with Gasteiger partial charge in [0.05, 0.1) is 52.3 Å². The maximum Gasteiger partial charge on any atom is 0.312 e. The molecule has 6 rings (SSSR count). The number of Topliss-reactive ketones (excluding diaryl/α,β-unsaturated/α-hetero) is 3. The topological polar surface area (TPSA) is 285 Å². The molecular weight excluding hydrogens is 869 g/mol. The molecule has 18 nitrogen and oxygen atoms in total. The quantitative estimate of drug-likeness (QED) is 0.144. The summed E-state index contributed by atoms with van der Waals surface area (Å²) in [6, 6.07) is 0. The minimum absolute atomic E-state index is 0.00827. The lowest BCUT2D eigenvalue weighted by atomic mass is 9.78. The van der Waals surface area contributed by atoms with E-state index in [0.717, 1.165) is 24.1 Å². The van der Waals surface area contributed by atoms with Gasteiger partial charge < -0.3 is 60.2 Å². The Morgan fingerprint density at radius 2 is 1.60 bits per heavy atom. The number of allylic oxidation sites excluding steroid dienone is 4. The minimum atomic E-state index is -2.17. The predicted molar refractivity (Wildman–Crippen MR) is 234 cm³/mol. The van der Waals surface area contributed by atoms with Gasteiger partial charge in [-0.05, 0) is 26.0 Å². The molecule has 8 N–H and O–H groups in total. The highest BCUT2D eigenvalue weighted by molar-refractivity contribution is 8.04. The molecule has 0 spiro atoms.